The average molecular weight is 448 g/mol. The standard InChI is InChI=1S/C25H29N5O3/c1-6-32-20-11-9-18(13-21(20)33-7-2)23-22(17(5)28-25-26-14-27-30(23)25)24(31)29-19-10-8-15(3)12-16(19)4/h8-14,23H,6-7H2,1-5H3,(H,29,31)(H,26,27,28). The predicted octanol–water partition coefficient (Wildman–Crippen LogP) is 4.62. The van der Waals surface area contributed by atoms with Crippen molar-refractivity contribution in [3.05, 3.63) is 70.7 Å². The van der Waals surface area contributed by atoms with Crippen molar-refractivity contribution in [2.75, 3.05) is 23.8 Å². The third-order valence-corrected chi connectivity index (χ3v) is 5.55. The van der Waals surface area contributed by atoms with Crippen molar-refractivity contribution in [2.45, 2.75) is 40.7 Å². The van der Waals surface area contributed by atoms with Crippen LogP contribution >= 0.6 is 0 Å². The van der Waals surface area contributed by atoms with Gasteiger partial charge in [0.2, 0.25) is 5.95 Å². The van der Waals surface area contributed by atoms with Crippen LogP contribution in [0.3, 0.4) is 0 Å². The first-order valence-electron chi connectivity index (χ1n) is 11.1. The fourth-order valence-electron chi connectivity index (χ4n) is 4.07. The van der Waals surface area contributed by atoms with Gasteiger partial charge in [0.15, 0.2) is 11.5 Å². The quantitative estimate of drug-likeness (QED) is 0.549. The van der Waals surface area contributed by atoms with Gasteiger partial charge in [0.05, 0.1) is 18.8 Å². The lowest BCUT2D eigenvalue weighted by Gasteiger charge is -2.29. The molecule has 0 saturated heterocycles. The van der Waals surface area contributed by atoms with Crippen molar-refractivity contribution in [2.24, 2.45) is 0 Å². The van der Waals surface area contributed by atoms with E-state index in [4.69, 9.17) is 9.47 Å². The van der Waals surface area contributed by atoms with Crippen molar-refractivity contribution in [1.29, 1.82) is 0 Å². The maximum absolute atomic E-state index is 13.6. The lowest BCUT2D eigenvalue weighted by atomic mass is 9.94. The number of carbonyl (C=O) groups is 1. The molecule has 1 aliphatic rings. The highest BCUT2D eigenvalue weighted by Gasteiger charge is 2.34. The first-order valence-corrected chi connectivity index (χ1v) is 11.1. The summed E-state index contributed by atoms with van der Waals surface area (Å²) in [7, 11) is 0. The molecular weight excluding hydrogens is 418 g/mol. The van der Waals surface area contributed by atoms with Crippen molar-refractivity contribution in [1.82, 2.24) is 14.8 Å². The molecule has 4 rings (SSSR count). The van der Waals surface area contributed by atoms with E-state index in [1.807, 2.05) is 71.0 Å². The lowest BCUT2D eigenvalue weighted by molar-refractivity contribution is -0.113. The van der Waals surface area contributed by atoms with E-state index in [0.29, 0.717) is 36.2 Å². The number of amides is 1. The van der Waals surface area contributed by atoms with E-state index in [0.717, 1.165) is 28.1 Å². The molecule has 1 unspecified atom stereocenters. The number of hydrogen-bond acceptors (Lipinski definition) is 6. The monoisotopic (exact) mass is 447 g/mol. The number of carbonyl (C=O) groups excluding carboxylic acids is 1. The summed E-state index contributed by atoms with van der Waals surface area (Å²) in [6, 6.07) is 11.2. The Morgan fingerprint density at radius 1 is 1.06 bits per heavy atom. The van der Waals surface area contributed by atoms with Crippen molar-refractivity contribution < 1.29 is 14.3 Å². The topological polar surface area (TPSA) is 90.3 Å². The molecule has 1 atom stereocenters. The van der Waals surface area contributed by atoms with Gasteiger partial charge in [-0.25, -0.2) is 4.68 Å². The van der Waals surface area contributed by atoms with Crippen LogP contribution in [0.2, 0.25) is 0 Å². The molecule has 2 heterocycles. The number of hydrogen-bond donors (Lipinski definition) is 2. The number of benzene rings is 2. The summed E-state index contributed by atoms with van der Waals surface area (Å²) in [4.78, 5) is 17.9. The van der Waals surface area contributed by atoms with E-state index >= 15 is 0 Å². The molecule has 0 aliphatic carbocycles. The van der Waals surface area contributed by atoms with E-state index in [2.05, 4.69) is 20.7 Å². The minimum Gasteiger partial charge on any atom is -0.490 e. The minimum absolute atomic E-state index is 0.204. The van der Waals surface area contributed by atoms with Gasteiger partial charge in [-0.15, -0.1) is 0 Å². The Kier molecular flexibility index (Phi) is 6.35. The first-order chi connectivity index (χ1) is 15.9. The summed E-state index contributed by atoms with van der Waals surface area (Å²) in [6.07, 6.45) is 1.48. The molecule has 1 aliphatic heterocycles. The zero-order valence-electron chi connectivity index (χ0n) is 19.6. The highest BCUT2D eigenvalue weighted by atomic mass is 16.5. The second-order valence-corrected chi connectivity index (χ2v) is 7.94. The molecule has 3 aromatic rings. The number of anilines is 2. The summed E-state index contributed by atoms with van der Waals surface area (Å²) in [5.74, 6) is 1.67. The normalized spacial score (nSPS) is 15.0. The summed E-state index contributed by atoms with van der Waals surface area (Å²) < 4.78 is 13.3. The fraction of sp³-hybridized carbons (Fsp3) is 0.320. The smallest absolute Gasteiger partial charge is 0.255 e. The molecule has 1 aromatic heterocycles. The van der Waals surface area contributed by atoms with E-state index in [1.165, 1.54) is 6.33 Å². The Labute approximate surface area is 193 Å². The minimum atomic E-state index is -0.482. The van der Waals surface area contributed by atoms with Crippen molar-refractivity contribution in [3.8, 4) is 11.5 Å². The van der Waals surface area contributed by atoms with Crippen LogP contribution in [0, 0.1) is 13.8 Å². The van der Waals surface area contributed by atoms with Crippen LogP contribution in [-0.4, -0.2) is 33.9 Å². The SMILES string of the molecule is CCOc1ccc(C2C(C(=O)Nc3ccc(C)cc3C)=C(C)Nc3ncnn32)cc1OCC. The van der Waals surface area contributed by atoms with Gasteiger partial charge in [0.25, 0.3) is 5.91 Å². The summed E-state index contributed by atoms with van der Waals surface area (Å²) in [5, 5.41) is 10.7. The number of rotatable bonds is 7. The molecule has 33 heavy (non-hydrogen) atoms. The third kappa shape index (κ3) is 4.41. The Morgan fingerprint density at radius 2 is 1.82 bits per heavy atom. The lowest BCUT2D eigenvalue weighted by Crippen LogP contribution is -2.31. The largest absolute Gasteiger partial charge is 0.490 e. The fourth-order valence-corrected chi connectivity index (χ4v) is 4.07. The third-order valence-electron chi connectivity index (χ3n) is 5.55. The molecule has 8 nitrogen and oxygen atoms in total. The number of aryl methyl sites for hydroxylation is 2. The molecule has 0 spiro atoms. The van der Waals surface area contributed by atoms with Gasteiger partial charge < -0.3 is 20.1 Å². The van der Waals surface area contributed by atoms with Gasteiger partial charge in [-0.2, -0.15) is 10.1 Å². The maximum atomic E-state index is 13.6. The molecule has 172 valence electrons. The van der Waals surface area contributed by atoms with E-state index in [1.54, 1.807) is 4.68 Å². The second kappa shape index (κ2) is 9.36. The first kappa shape index (κ1) is 22.4. The summed E-state index contributed by atoms with van der Waals surface area (Å²) in [6.45, 7) is 10.8. The Bertz CT molecular complexity index is 1210. The van der Waals surface area contributed by atoms with Gasteiger partial charge >= 0.3 is 0 Å². The van der Waals surface area contributed by atoms with Crippen molar-refractivity contribution in [3.63, 3.8) is 0 Å². The zero-order chi connectivity index (χ0) is 23.5. The van der Waals surface area contributed by atoms with Crippen LogP contribution in [0.25, 0.3) is 0 Å². The molecule has 0 radical (unpaired) electrons. The Balaban J connectivity index is 1.77. The Hall–Kier alpha value is -3.81. The van der Waals surface area contributed by atoms with Crippen LogP contribution < -0.4 is 20.1 Å². The Morgan fingerprint density at radius 3 is 2.55 bits per heavy atom. The molecule has 0 fully saturated rings. The highest BCUT2D eigenvalue weighted by Crippen LogP contribution is 2.39. The van der Waals surface area contributed by atoms with Crippen LogP contribution in [0.5, 0.6) is 11.5 Å². The van der Waals surface area contributed by atoms with Gasteiger partial charge in [-0.05, 0) is 63.9 Å². The number of allylic oxidation sites excluding steroid dienone is 1. The van der Waals surface area contributed by atoms with E-state index < -0.39 is 6.04 Å². The van der Waals surface area contributed by atoms with Crippen LogP contribution in [0.1, 0.15) is 43.5 Å². The predicted molar refractivity (Wildman–Crippen MR) is 128 cm³/mol. The molecule has 0 saturated carbocycles. The maximum Gasteiger partial charge on any atom is 0.255 e. The van der Waals surface area contributed by atoms with Crippen LogP contribution in [0.4, 0.5) is 11.6 Å². The van der Waals surface area contributed by atoms with Crippen LogP contribution in [0.15, 0.2) is 54.0 Å². The summed E-state index contributed by atoms with van der Waals surface area (Å²) >= 11 is 0. The van der Waals surface area contributed by atoms with Crippen LogP contribution in [-0.2, 0) is 4.79 Å². The van der Waals surface area contributed by atoms with Gasteiger partial charge in [-0.1, -0.05) is 23.8 Å². The summed E-state index contributed by atoms with van der Waals surface area (Å²) in [5.41, 5.74) is 5.04. The highest BCUT2D eigenvalue weighted by molar-refractivity contribution is 6.06. The van der Waals surface area contributed by atoms with Crippen molar-refractivity contribution >= 4 is 17.5 Å². The number of aromatic nitrogens is 3. The van der Waals surface area contributed by atoms with Gasteiger partial charge in [0, 0.05) is 11.4 Å². The number of ether oxygens (including phenoxy) is 2. The number of nitrogens with zero attached hydrogens (tertiary/aromatic N) is 3. The number of fused-ring (bicyclic) bond motifs is 1. The molecule has 2 aromatic carbocycles. The average Bonchev–Trinajstić information content (AvgIpc) is 3.24. The molecule has 8 heteroatoms. The second-order valence-electron chi connectivity index (χ2n) is 7.94. The number of nitrogens with one attached hydrogen (secondary N) is 2. The zero-order valence-corrected chi connectivity index (χ0v) is 19.6. The molecular formula is C25H29N5O3. The van der Waals surface area contributed by atoms with Gasteiger partial charge in [0.1, 0.15) is 12.4 Å². The van der Waals surface area contributed by atoms with Gasteiger partial charge in [-0.3, -0.25) is 4.79 Å². The van der Waals surface area contributed by atoms with E-state index in [-0.39, 0.29) is 5.91 Å². The molecule has 2 N–H and O–H groups in total. The molecule has 1 amide bonds. The van der Waals surface area contributed by atoms with E-state index in [9.17, 15) is 4.79 Å². The molecule has 0 bridgehead atoms.